The number of carbonyl (C=O) groups excluding carboxylic acids is 1. The van der Waals surface area contributed by atoms with Crippen LogP contribution in [0.2, 0.25) is 0 Å². The molecular weight excluding hydrogens is 446 g/mol. The maximum absolute atomic E-state index is 12.8. The van der Waals surface area contributed by atoms with Gasteiger partial charge in [0.15, 0.2) is 0 Å². The summed E-state index contributed by atoms with van der Waals surface area (Å²) in [6.45, 7) is 1.27. The Morgan fingerprint density at radius 1 is 1.03 bits per heavy atom. The van der Waals surface area contributed by atoms with E-state index in [0.717, 1.165) is 6.20 Å². The van der Waals surface area contributed by atoms with E-state index in [4.69, 9.17) is 0 Å². The summed E-state index contributed by atoms with van der Waals surface area (Å²) in [7, 11) is 0. The quantitative estimate of drug-likeness (QED) is 0.660. The van der Waals surface area contributed by atoms with Crippen LogP contribution in [0.15, 0.2) is 29.5 Å². The molecule has 32 heavy (non-hydrogen) atoms. The van der Waals surface area contributed by atoms with Crippen molar-refractivity contribution in [1.82, 2.24) is 19.9 Å². The van der Waals surface area contributed by atoms with Gasteiger partial charge in [-0.15, -0.1) is 0 Å². The number of hydrogen-bond donors (Lipinski definition) is 2. The first kappa shape index (κ1) is 23.3. The third kappa shape index (κ3) is 5.68. The van der Waals surface area contributed by atoms with Crippen LogP contribution in [0, 0.1) is 0 Å². The minimum Gasteiger partial charge on any atom is -0.383 e. The molecule has 1 aliphatic rings. The lowest BCUT2D eigenvalue weighted by Crippen LogP contribution is -2.49. The molecule has 3 rings (SSSR count). The number of pyridine rings is 1. The van der Waals surface area contributed by atoms with Crippen LogP contribution >= 0.6 is 0 Å². The molecular formula is C18H18F6N6O2. The van der Waals surface area contributed by atoms with Gasteiger partial charge < -0.3 is 20.1 Å². The second-order valence-electron chi connectivity index (χ2n) is 6.94. The molecule has 1 fully saturated rings. The Balaban J connectivity index is 1.47. The van der Waals surface area contributed by atoms with Crippen molar-refractivity contribution in [1.29, 1.82) is 0 Å². The van der Waals surface area contributed by atoms with Gasteiger partial charge in [-0.25, -0.2) is 9.97 Å². The highest BCUT2D eigenvalue weighted by atomic mass is 19.4. The summed E-state index contributed by atoms with van der Waals surface area (Å²) in [5.41, 5.74) is -3.52. The highest BCUT2D eigenvalue weighted by Gasteiger charge is 2.34. The first-order valence-electron chi connectivity index (χ1n) is 9.41. The molecule has 3 heterocycles. The third-order valence-corrected chi connectivity index (χ3v) is 4.76. The highest BCUT2D eigenvalue weighted by Crippen LogP contribution is 2.29. The Labute approximate surface area is 177 Å². The van der Waals surface area contributed by atoms with E-state index in [-0.39, 0.29) is 30.5 Å². The van der Waals surface area contributed by atoms with Crippen molar-refractivity contribution in [3.05, 3.63) is 46.1 Å². The SMILES string of the molecule is O=C(CCNc1c[nH]c(=O)c(C(F)(F)F)c1)N1CCN(c2ncc(C(F)(F)F)cn2)CC1. The minimum atomic E-state index is -4.79. The van der Waals surface area contributed by atoms with Crippen molar-refractivity contribution < 1.29 is 31.1 Å². The Morgan fingerprint density at radius 2 is 1.66 bits per heavy atom. The van der Waals surface area contributed by atoms with Gasteiger partial charge in [0.1, 0.15) is 5.56 Å². The summed E-state index contributed by atoms with van der Waals surface area (Å²) in [4.78, 5) is 36.3. The zero-order valence-corrected chi connectivity index (χ0v) is 16.4. The summed E-state index contributed by atoms with van der Waals surface area (Å²) in [5.74, 6) is -0.115. The van der Waals surface area contributed by atoms with Gasteiger partial charge in [-0.05, 0) is 6.07 Å². The van der Waals surface area contributed by atoms with Crippen molar-refractivity contribution in [3.63, 3.8) is 0 Å². The topological polar surface area (TPSA) is 94.2 Å². The average Bonchev–Trinajstić information content (AvgIpc) is 2.73. The second kappa shape index (κ2) is 9.04. The van der Waals surface area contributed by atoms with E-state index in [9.17, 15) is 35.9 Å². The Bertz CT molecular complexity index is 997. The molecule has 2 aromatic rings. The molecule has 1 aliphatic heterocycles. The molecule has 0 saturated carbocycles. The number of anilines is 2. The lowest BCUT2D eigenvalue weighted by Gasteiger charge is -2.34. The summed E-state index contributed by atoms with van der Waals surface area (Å²) in [6, 6.07) is 0.673. The smallest absolute Gasteiger partial charge is 0.383 e. The van der Waals surface area contributed by atoms with Gasteiger partial charge in [-0.1, -0.05) is 0 Å². The number of nitrogens with one attached hydrogen (secondary N) is 2. The zero-order valence-electron chi connectivity index (χ0n) is 16.4. The molecule has 2 N–H and O–H groups in total. The van der Waals surface area contributed by atoms with E-state index in [1.807, 2.05) is 4.98 Å². The number of nitrogens with zero attached hydrogens (tertiary/aromatic N) is 4. The number of aromatic nitrogens is 3. The van der Waals surface area contributed by atoms with E-state index in [2.05, 4.69) is 15.3 Å². The summed E-state index contributed by atoms with van der Waals surface area (Å²) in [5, 5.41) is 2.67. The number of aromatic amines is 1. The number of amides is 1. The van der Waals surface area contributed by atoms with Crippen molar-refractivity contribution in [3.8, 4) is 0 Å². The zero-order chi connectivity index (χ0) is 23.5. The second-order valence-corrected chi connectivity index (χ2v) is 6.94. The fraction of sp³-hybridized carbons (Fsp3) is 0.444. The third-order valence-electron chi connectivity index (χ3n) is 4.76. The molecule has 0 radical (unpaired) electrons. The average molecular weight is 464 g/mol. The number of H-pyrrole nitrogens is 1. The molecule has 8 nitrogen and oxygen atoms in total. The Morgan fingerprint density at radius 3 is 2.22 bits per heavy atom. The van der Waals surface area contributed by atoms with E-state index in [1.165, 1.54) is 4.90 Å². The number of piperazine rings is 1. The van der Waals surface area contributed by atoms with Gasteiger partial charge in [-0.2, -0.15) is 26.3 Å². The summed E-state index contributed by atoms with van der Waals surface area (Å²) >= 11 is 0. The van der Waals surface area contributed by atoms with E-state index in [1.54, 1.807) is 4.90 Å². The Hall–Kier alpha value is -3.32. The normalized spacial score (nSPS) is 15.1. The molecule has 1 amide bonds. The van der Waals surface area contributed by atoms with Crippen molar-refractivity contribution in [2.24, 2.45) is 0 Å². The predicted octanol–water partition coefficient (Wildman–Crippen LogP) is 2.35. The fourth-order valence-corrected chi connectivity index (χ4v) is 3.06. The van der Waals surface area contributed by atoms with Crippen molar-refractivity contribution >= 4 is 17.5 Å². The van der Waals surface area contributed by atoms with Crippen LogP contribution in [0.3, 0.4) is 0 Å². The van der Waals surface area contributed by atoms with Crippen LogP contribution in [-0.4, -0.2) is 58.5 Å². The van der Waals surface area contributed by atoms with E-state index in [0.29, 0.717) is 44.6 Å². The molecule has 1 saturated heterocycles. The van der Waals surface area contributed by atoms with Crippen LogP contribution in [-0.2, 0) is 17.1 Å². The molecule has 174 valence electrons. The number of hydrogen-bond acceptors (Lipinski definition) is 6. The van der Waals surface area contributed by atoms with Crippen LogP contribution in [0.4, 0.5) is 38.0 Å². The van der Waals surface area contributed by atoms with Gasteiger partial charge in [0.2, 0.25) is 11.9 Å². The first-order chi connectivity index (χ1) is 14.9. The van der Waals surface area contributed by atoms with Crippen LogP contribution < -0.4 is 15.8 Å². The van der Waals surface area contributed by atoms with Gasteiger partial charge >= 0.3 is 12.4 Å². The molecule has 14 heteroatoms. The van der Waals surface area contributed by atoms with Crippen LogP contribution in [0.1, 0.15) is 17.5 Å². The minimum absolute atomic E-state index is 0.00272. The maximum atomic E-state index is 12.8. The molecule has 0 spiro atoms. The van der Waals surface area contributed by atoms with E-state index >= 15 is 0 Å². The fourth-order valence-electron chi connectivity index (χ4n) is 3.06. The molecule has 0 bridgehead atoms. The van der Waals surface area contributed by atoms with Gasteiger partial charge in [-0.3, -0.25) is 9.59 Å². The molecule has 0 atom stereocenters. The van der Waals surface area contributed by atoms with Crippen molar-refractivity contribution in [2.45, 2.75) is 18.8 Å². The van der Waals surface area contributed by atoms with Crippen LogP contribution in [0.25, 0.3) is 0 Å². The molecule has 0 aliphatic carbocycles. The predicted molar refractivity (Wildman–Crippen MR) is 101 cm³/mol. The monoisotopic (exact) mass is 464 g/mol. The maximum Gasteiger partial charge on any atom is 0.421 e. The molecule has 0 unspecified atom stereocenters. The van der Waals surface area contributed by atoms with E-state index < -0.39 is 29.0 Å². The standard InChI is InChI=1S/C18H18F6N6O2/c19-17(20,21)11-8-27-16(28-9-11)30-5-3-29(4-6-30)14(31)1-2-25-12-7-13(18(22,23)24)15(32)26-10-12/h7-10,25H,1-6H2,(H,26,32). The van der Waals surface area contributed by atoms with Gasteiger partial charge in [0, 0.05) is 57.7 Å². The number of rotatable bonds is 5. The lowest BCUT2D eigenvalue weighted by molar-refractivity contribution is -0.139. The summed E-state index contributed by atoms with van der Waals surface area (Å²) in [6.07, 6.45) is -6.83. The summed E-state index contributed by atoms with van der Waals surface area (Å²) < 4.78 is 76.1. The highest BCUT2D eigenvalue weighted by molar-refractivity contribution is 5.77. The number of halogens is 6. The lowest BCUT2D eigenvalue weighted by atomic mass is 10.2. The molecule has 0 aromatic carbocycles. The number of alkyl halides is 6. The number of carbonyl (C=O) groups is 1. The largest absolute Gasteiger partial charge is 0.421 e. The van der Waals surface area contributed by atoms with Gasteiger partial charge in [0.05, 0.1) is 11.3 Å². The van der Waals surface area contributed by atoms with Crippen molar-refractivity contribution in [2.75, 3.05) is 42.9 Å². The first-order valence-corrected chi connectivity index (χ1v) is 9.41. The molecule has 2 aromatic heterocycles. The van der Waals surface area contributed by atoms with Crippen LogP contribution in [0.5, 0.6) is 0 Å². The van der Waals surface area contributed by atoms with Gasteiger partial charge in [0.25, 0.3) is 5.56 Å². The Kier molecular flexibility index (Phi) is 6.60.